The lowest BCUT2D eigenvalue weighted by atomic mass is 10.1. The Morgan fingerprint density at radius 2 is 1.63 bits per heavy atom. The van der Waals surface area contributed by atoms with Crippen molar-refractivity contribution in [1.29, 1.82) is 0 Å². The zero-order chi connectivity index (χ0) is 26.8. The van der Waals surface area contributed by atoms with Crippen LogP contribution in [0, 0.1) is 0 Å². The number of thiocarbonyl (C=S) groups is 1. The summed E-state index contributed by atoms with van der Waals surface area (Å²) in [5.74, 6) is -0.176. The van der Waals surface area contributed by atoms with Gasteiger partial charge in [0.2, 0.25) is 0 Å². The second-order valence-corrected chi connectivity index (χ2v) is 9.29. The predicted molar refractivity (Wildman–Crippen MR) is 149 cm³/mol. The van der Waals surface area contributed by atoms with E-state index in [-0.39, 0.29) is 16.5 Å². The molecule has 0 spiro atoms. The number of carbonyl (C=O) groups is 3. The van der Waals surface area contributed by atoms with Crippen LogP contribution in [0.2, 0.25) is 5.02 Å². The molecule has 1 aliphatic rings. The smallest absolute Gasteiger partial charge is 0.270 e. The highest BCUT2D eigenvalue weighted by atomic mass is 35.5. The summed E-state index contributed by atoms with van der Waals surface area (Å²) in [6.45, 7) is 0. The molecule has 5 rings (SSSR count). The number of ketones is 1. The quantitative estimate of drug-likeness (QED) is 0.150. The molecule has 0 unspecified atom stereocenters. The summed E-state index contributed by atoms with van der Waals surface area (Å²) in [5.41, 5.74) is 1.67. The number of ether oxygens (including phenoxy) is 1. The Morgan fingerprint density at radius 3 is 2.34 bits per heavy atom. The second-order valence-electron chi connectivity index (χ2n) is 8.47. The number of aryl methyl sites for hydroxylation is 1. The monoisotopic (exact) mass is 541 g/mol. The first-order valence-electron chi connectivity index (χ1n) is 11.5. The number of nitrogens with one attached hydrogen (secondary N) is 1. The van der Waals surface area contributed by atoms with Gasteiger partial charge in [-0.2, -0.15) is 0 Å². The van der Waals surface area contributed by atoms with Gasteiger partial charge in [0.25, 0.3) is 11.8 Å². The maximum Gasteiger partial charge on any atom is 0.270 e. The number of benzene rings is 3. The highest BCUT2D eigenvalue weighted by molar-refractivity contribution is 7.80. The first-order chi connectivity index (χ1) is 18.3. The Bertz CT molecular complexity index is 1610. The van der Waals surface area contributed by atoms with Gasteiger partial charge in [0.15, 0.2) is 10.9 Å². The van der Waals surface area contributed by atoms with E-state index in [9.17, 15) is 14.4 Å². The molecule has 0 radical (unpaired) electrons. The van der Waals surface area contributed by atoms with Crippen molar-refractivity contribution < 1.29 is 19.1 Å². The minimum absolute atomic E-state index is 0.0300. The number of amides is 2. The lowest BCUT2D eigenvalue weighted by Gasteiger charge is -2.29. The van der Waals surface area contributed by atoms with Gasteiger partial charge in [0.05, 0.1) is 5.69 Å². The van der Waals surface area contributed by atoms with E-state index in [4.69, 9.17) is 28.6 Å². The topological polar surface area (TPSA) is 80.6 Å². The van der Waals surface area contributed by atoms with Crippen molar-refractivity contribution in [2.45, 2.75) is 0 Å². The minimum atomic E-state index is -0.621. The average molecular weight is 542 g/mol. The highest BCUT2D eigenvalue weighted by Crippen LogP contribution is 2.27. The number of halogens is 1. The van der Waals surface area contributed by atoms with E-state index < -0.39 is 11.8 Å². The van der Waals surface area contributed by atoms with Crippen molar-refractivity contribution in [3.8, 4) is 11.5 Å². The van der Waals surface area contributed by atoms with Gasteiger partial charge in [-0.1, -0.05) is 41.9 Å². The molecule has 2 heterocycles. The molecular formula is C29H20ClN3O4S. The van der Waals surface area contributed by atoms with E-state index in [2.05, 4.69) is 5.32 Å². The summed E-state index contributed by atoms with van der Waals surface area (Å²) in [5, 5.41) is 2.99. The fourth-order valence-electron chi connectivity index (χ4n) is 3.97. The van der Waals surface area contributed by atoms with Crippen molar-refractivity contribution in [2.24, 2.45) is 7.05 Å². The van der Waals surface area contributed by atoms with Gasteiger partial charge < -0.3 is 9.30 Å². The van der Waals surface area contributed by atoms with Crippen LogP contribution in [0.25, 0.3) is 6.08 Å². The normalized spacial score (nSPS) is 14.5. The van der Waals surface area contributed by atoms with Crippen molar-refractivity contribution >= 4 is 58.3 Å². The molecule has 1 saturated heterocycles. The molecule has 1 aromatic heterocycles. The number of rotatable bonds is 6. The number of hydrogen-bond donors (Lipinski definition) is 1. The molecule has 7 nitrogen and oxygen atoms in total. The molecule has 1 fully saturated rings. The summed E-state index contributed by atoms with van der Waals surface area (Å²) >= 11 is 11.3. The third kappa shape index (κ3) is 5.13. The van der Waals surface area contributed by atoms with Crippen LogP contribution in [0.5, 0.6) is 11.5 Å². The summed E-state index contributed by atoms with van der Waals surface area (Å²) in [7, 11) is 1.72. The molecule has 0 aliphatic carbocycles. The van der Waals surface area contributed by atoms with Gasteiger partial charge in [-0.15, -0.1) is 0 Å². The summed E-state index contributed by atoms with van der Waals surface area (Å²) in [6, 6.07) is 24.3. The third-order valence-corrected chi connectivity index (χ3v) is 6.38. The standard InChI is InChI=1S/C29H20ClN3O4S/c1-32-17-19(26(34)18-6-5-7-20(30)14-18)15-22(32)16-25-27(35)31-29(38)33(28(25)36)21-10-12-24(13-11-21)37-23-8-3-2-4-9-23/h2-17H,1H3,(H,31,35,38)/b25-16+. The van der Waals surface area contributed by atoms with Gasteiger partial charge >= 0.3 is 0 Å². The fraction of sp³-hybridized carbons (Fsp3) is 0.0345. The number of para-hydroxylation sites is 1. The van der Waals surface area contributed by atoms with Gasteiger partial charge in [0.1, 0.15) is 17.1 Å². The average Bonchev–Trinajstić information content (AvgIpc) is 3.27. The van der Waals surface area contributed by atoms with Crippen molar-refractivity contribution in [2.75, 3.05) is 4.90 Å². The molecule has 9 heteroatoms. The van der Waals surface area contributed by atoms with Crippen molar-refractivity contribution in [1.82, 2.24) is 9.88 Å². The van der Waals surface area contributed by atoms with Crippen LogP contribution >= 0.6 is 23.8 Å². The van der Waals surface area contributed by atoms with E-state index in [1.165, 1.54) is 11.0 Å². The Hall–Kier alpha value is -4.53. The summed E-state index contributed by atoms with van der Waals surface area (Å²) < 4.78 is 7.47. The van der Waals surface area contributed by atoms with Crippen molar-refractivity contribution in [3.05, 3.63) is 119 Å². The first-order valence-corrected chi connectivity index (χ1v) is 12.3. The van der Waals surface area contributed by atoms with E-state index in [1.54, 1.807) is 72.4 Å². The van der Waals surface area contributed by atoms with E-state index in [0.717, 1.165) is 0 Å². The molecule has 4 aromatic rings. The SMILES string of the molecule is Cn1cc(C(=O)c2cccc(Cl)c2)cc1/C=C1\C(=O)NC(=S)N(c2ccc(Oc3ccccc3)cc2)C1=O. The van der Waals surface area contributed by atoms with Crippen LogP contribution < -0.4 is 15.0 Å². The van der Waals surface area contributed by atoms with Gasteiger partial charge in [0, 0.05) is 35.1 Å². The van der Waals surface area contributed by atoms with Crippen LogP contribution in [-0.4, -0.2) is 27.3 Å². The Kier molecular flexibility index (Phi) is 6.91. The van der Waals surface area contributed by atoms with E-state index >= 15 is 0 Å². The van der Waals surface area contributed by atoms with Crippen molar-refractivity contribution in [3.63, 3.8) is 0 Å². The lowest BCUT2D eigenvalue weighted by Crippen LogP contribution is -2.54. The van der Waals surface area contributed by atoms with Gasteiger partial charge in [-0.25, -0.2) is 0 Å². The van der Waals surface area contributed by atoms with Crippen LogP contribution in [0.15, 0.2) is 96.7 Å². The maximum atomic E-state index is 13.4. The van der Waals surface area contributed by atoms with E-state index in [1.807, 2.05) is 30.3 Å². The molecule has 0 bridgehead atoms. The van der Waals surface area contributed by atoms with Crippen LogP contribution in [-0.2, 0) is 16.6 Å². The molecular weight excluding hydrogens is 522 g/mol. The number of hydrogen-bond acceptors (Lipinski definition) is 5. The molecule has 38 heavy (non-hydrogen) atoms. The Balaban J connectivity index is 1.40. The number of anilines is 1. The molecule has 0 atom stereocenters. The third-order valence-electron chi connectivity index (χ3n) is 5.86. The largest absolute Gasteiger partial charge is 0.457 e. The lowest BCUT2D eigenvalue weighted by molar-refractivity contribution is -0.122. The fourth-order valence-corrected chi connectivity index (χ4v) is 4.44. The predicted octanol–water partition coefficient (Wildman–Crippen LogP) is 5.53. The van der Waals surface area contributed by atoms with Crippen LogP contribution in [0.4, 0.5) is 5.69 Å². The summed E-state index contributed by atoms with van der Waals surface area (Å²) in [6.07, 6.45) is 3.07. The second kappa shape index (κ2) is 10.5. The van der Waals surface area contributed by atoms with Gasteiger partial charge in [-0.3, -0.25) is 24.6 Å². The van der Waals surface area contributed by atoms with Crippen LogP contribution in [0.3, 0.4) is 0 Å². The maximum absolute atomic E-state index is 13.4. The first kappa shape index (κ1) is 25.1. The molecule has 1 aliphatic heterocycles. The Labute approximate surface area is 228 Å². The highest BCUT2D eigenvalue weighted by Gasteiger charge is 2.34. The number of aromatic nitrogens is 1. The zero-order valence-electron chi connectivity index (χ0n) is 20.1. The minimum Gasteiger partial charge on any atom is -0.457 e. The van der Waals surface area contributed by atoms with E-state index in [0.29, 0.717) is 39.0 Å². The number of carbonyl (C=O) groups excluding carboxylic acids is 3. The molecule has 188 valence electrons. The van der Waals surface area contributed by atoms with Crippen LogP contribution in [0.1, 0.15) is 21.6 Å². The zero-order valence-corrected chi connectivity index (χ0v) is 21.6. The Morgan fingerprint density at radius 1 is 0.921 bits per heavy atom. The summed E-state index contributed by atoms with van der Waals surface area (Å²) in [4.78, 5) is 40.3. The van der Waals surface area contributed by atoms with Gasteiger partial charge in [-0.05, 0) is 72.9 Å². The molecule has 3 aromatic carbocycles. The molecule has 2 amide bonds. The molecule has 0 saturated carbocycles. The number of nitrogens with zero attached hydrogens (tertiary/aromatic N) is 2. The molecule has 1 N–H and O–H groups in total.